The van der Waals surface area contributed by atoms with Crippen molar-refractivity contribution in [3.8, 4) is 5.75 Å². The van der Waals surface area contributed by atoms with Crippen LogP contribution < -0.4 is 10.1 Å². The van der Waals surface area contributed by atoms with E-state index in [9.17, 15) is 0 Å². The summed E-state index contributed by atoms with van der Waals surface area (Å²) >= 11 is 0. The number of anilines is 1. The van der Waals surface area contributed by atoms with Crippen LogP contribution in [-0.2, 0) is 17.8 Å². The van der Waals surface area contributed by atoms with E-state index in [4.69, 9.17) is 9.47 Å². The third-order valence-electron chi connectivity index (χ3n) is 7.98. The van der Waals surface area contributed by atoms with Crippen molar-refractivity contribution in [1.29, 1.82) is 0 Å². The van der Waals surface area contributed by atoms with E-state index in [1.165, 1.54) is 35.1 Å². The predicted octanol–water partition coefficient (Wildman–Crippen LogP) is 7.54. The zero-order valence-electron chi connectivity index (χ0n) is 22.2. The van der Waals surface area contributed by atoms with Crippen molar-refractivity contribution < 1.29 is 9.47 Å². The molecule has 3 atom stereocenters. The van der Waals surface area contributed by atoms with Crippen molar-refractivity contribution in [2.75, 3.05) is 26.5 Å². The fourth-order valence-corrected chi connectivity index (χ4v) is 5.85. The van der Waals surface area contributed by atoms with Crippen LogP contribution in [0, 0.1) is 11.8 Å². The van der Waals surface area contributed by atoms with E-state index in [1.54, 1.807) is 7.11 Å². The largest absolute Gasteiger partial charge is 0.495 e. The standard InChI is InChI=1S/C31H42N2O2/c1-21-11-13-25-18-30(34-5)29(33-4)19-27(25)22(2)17-24-14-16-28(32-3)31(26(24)15-12-21)35-20-23-9-7-6-8-10-23/h6-10,18-19,21-22,24,33H,11-17,20H2,1-5H3. The zero-order valence-corrected chi connectivity index (χ0v) is 22.2. The van der Waals surface area contributed by atoms with Gasteiger partial charge in [0.2, 0.25) is 0 Å². The van der Waals surface area contributed by atoms with Crippen LogP contribution in [-0.4, -0.2) is 26.9 Å². The first-order valence-corrected chi connectivity index (χ1v) is 13.3. The third-order valence-corrected chi connectivity index (χ3v) is 7.98. The van der Waals surface area contributed by atoms with E-state index < -0.39 is 0 Å². The highest BCUT2D eigenvalue weighted by Crippen LogP contribution is 2.42. The Labute approximate surface area is 211 Å². The number of allylic oxidation sites excluding steroid dienone is 2. The lowest BCUT2D eigenvalue weighted by Gasteiger charge is -2.32. The Hall–Kier alpha value is -2.75. The Kier molecular flexibility index (Phi) is 8.54. The van der Waals surface area contributed by atoms with E-state index in [-0.39, 0.29) is 0 Å². The fourth-order valence-electron chi connectivity index (χ4n) is 5.85. The number of benzene rings is 2. The van der Waals surface area contributed by atoms with Crippen molar-refractivity contribution in [1.82, 2.24) is 0 Å². The van der Waals surface area contributed by atoms with Gasteiger partial charge in [0.25, 0.3) is 0 Å². The lowest BCUT2D eigenvalue weighted by atomic mass is 9.76. The highest BCUT2D eigenvalue weighted by atomic mass is 16.5. The first kappa shape index (κ1) is 25.3. The van der Waals surface area contributed by atoms with E-state index in [2.05, 4.69) is 66.6 Å². The van der Waals surface area contributed by atoms with Gasteiger partial charge in [-0.25, -0.2) is 0 Å². The Morgan fingerprint density at radius 1 is 1.00 bits per heavy atom. The number of ether oxygens (including phenoxy) is 2. The highest BCUT2D eigenvalue weighted by molar-refractivity contribution is 5.99. The molecule has 4 nitrogen and oxygen atoms in total. The first-order valence-electron chi connectivity index (χ1n) is 13.3. The maximum Gasteiger partial charge on any atom is 0.142 e. The molecule has 0 aromatic heterocycles. The summed E-state index contributed by atoms with van der Waals surface area (Å²) in [5.41, 5.74) is 7.83. The maximum atomic E-state index is 6.57. The van der Waals surface area contributed by atoms with Gasteiger partial charge < -0.3 is 14.8 Å². The molecule has 4 rings (SSSR count). The van der Waals surface area contributed by atoms with Crippen molar-refractivity contribution >= 4 is 11.4 Å². The summed E-state index contributed by atoms with van der Waals surface area (Å²) in [6, 6.07) is 15.1. The minimum absolute atomic E-state index is 0.465. The number of hydrogen-bond acceptors (Lipinski definition) is 4. The van der Waals surface area contributed by atoms with Gasteiger partial charge in [-0.1, -0.05) is 44.2 Å². The van der Waals surface area contributed by atoms with Crippen LogP contribution >= 0.6 is 0 Å². The fraction of sp³-hybridized carbons (Fsp3) is 0.516. The highest BCUT2D eigenvalue weighted by Gasteiger charge is 2.31. The monoisotopic (exact) mass is 474 g/mol. The topological polar surface area (TPSA) is 42.9 Å². The quantitative estimate of drug-likeness (QED) is 0.487. The molecule has 4 heteroatoms. The van der Waals surface area contributed by atoms with Crippen LogP contribution in [0.5, 0.6) is 5.75 Å². The third kappa shape index (κ3) is 5.91. The summed E-state index contributed by atoms with van der Waals surface area (Å²) in [4.78, 5) is 4.67. The van der Waals surface area contributed by atoms with Gasteiger partial charge in [-0.2, -0.15) is 0 Å². The summed E-state index contributed by atoms with van der Waals surface area (Å²) in [5, 5.41) is 3.34. The molecule has 35 heavy (non-hydrogen) atoms. The van der Waals surface area contributed by atoms with E-state index in [0.29, 0.717) is 24.4 Å². The smallest absolute Gasteiger partial charge is 0.142 e. The molecule has 0 spiro atoms. The van der Waals surface area contributed by atoms with Crippen LogP contribution in [0.4, 0.5) is 5.69 Å². The predicted molar refractivity (Wildman–Crippen MR) is 147 cm³/mol. The average molecular weight is 475 g/mol. The lowest BCUT2D eigenvalue weighted by molar-refractivity contribution is 0.203. The number of fused-ring (bicyclic) bond motifs is 2. The molecule has 2 aromatic carbocycles. The SMILES string of the molecule is CN=C1CCC2CC(C)c3cc(NC)c(OC)cc3CCC(C)CCC2=C1OCc1ccccc1. The molecule has 2 aliphatic carbocycles. The number of methoxy groups -OCH3 is 1. The van der Waals surface area contributed by atoms with Crippen LogP contribution in [0.1, 0.15) is 75.0 Å². The van der Waals surface area contributed by atoms with Crippen LogP contribution in [0.3, 0.4) is 0 Å². The van der Waals surface area contributed by atoms with Crippen molar-refractivity contribution in [2.24, 2.45) is 16.8 Å². The molecule has 0 aliphatic heterocycles. The minimum Gasteiger partial charge on any atom is -0.495 e. The molecule has 3 unspecified atom stereocenters. The van der Waals surface area contributed by atoms with Gasteiger partial charge in [0.05, 0.1) is 18.5 Å². The number of hydrogen-bond donors (Lipinski definition) is 1. The summed E-state index contributed by atoms with van der Waals surface area (Å²) in [7, 11) is 5.66. The number of nitrogens with zero attached hydrogens (tertiary/aromatic N) is 1. The molecular weight excluding hydrogens is 432 g/mol. The number of aliphatic imine (C=N–C) groups is 1. The lowest BCUT2D eigenvalue weighted by Crippen LogP contribution is -2.23. The summed E-state index contributed by atoms with van der Waals surface area (Å²) in [5.74, 6) is 3.67. The molecule has 0 radical (unpaired) electrons. The first-order chi connectivity index (χ1) is 17.0. The molecule has 0 saturated heterocycles. The van der Waals surface area contributed by atoms with Crippen molar-refractivity contribution in [3.05, 3.63) is 70.5 Å². The normalized spacial score (nSPS) is 24.3. The van der Waals surface area contributed by atoms with Gasteiger partial charge in [0, 0.05) is 14.1 Å². The molecule has 2 aliphatic rings. The van der Waals surface area contributed by atoms with Gasteiger partial charge in [0.15, 0.2) is 0 Å². The van der Waals surface area contributed by atoms with Gasteiger partial charge in [0.1, 0.15) is 18.1 Å². The zero-order chi connectivity index (χ0) is 24.8. The molecule has 188 valence electrons. The Bertz CT molecular complexity index is 1060. The van der Waals surface area contributed by atoms with Crippen molar-refractivity contribution in [2.45, 2.75) is 71.3 Å². The molecule has 0 fully saturated rings. The number of rotatable bonds is 5. The molecular formula is C31H42N2O2. The molecule has 2 aromatic rings. The Balaban J connectivity index is 1.70. The molecule has 0 saturated carbocycles. The second kappa shape index (κ2) is 11.8. The van der Waals surface area contributed by atoms with E-state index in [0.717, 1.165) is 55.0 Å². The van der Waals surface area contributed by atoms with E-state index in [1.807, 2.05) is 14.1 Å². The van der Waals surface area contributed by atoms with Gasteiger partial charge >= 0.3 is 0 Å². The van der Waals surface area contributed by atoms with Gasteiger partial charge in [-0.05, 0) is 97.1 Å². The summed E-state index contributed by atoms with van der Waals surface area (Å²) in [6.07, 6.45) is 7.87. The molecule has 1 N–H and O–H groups in total. The maximum absolute atomic E-state index is 6.57. The second-order valence-electron chi connectivity index (χ2n) is 10.4. The van der Waals surface area contributed by atoms with Gasteiger partial charge in [-0.15, -0.1) is 0 Å². The van der Waals surface area contributed by atoms with E-state index >= 15 is 0 Å². The second-order valence-corrected chi connectivity index (χ2v) is 10.4. The average Bonchev–Trinajstić information content (AvgIpc) is 2.91. The summed E-state index contributed by atoms with van der Waals surface area (Å²) < 4.78 is 12.3. The van der Waals surface area contributed by atoms with Crippen LogP contribution in [0.25, 0.3) is 0 Å². The Morgan fingerprint density at radius 3 is 2.49 bits per heavy atom. The van der Waals surface area contributed by atoms with Gasteiger partial charge in [-0.3, -0.25) is 4.99 Å². The molecule has 0 heterocycles. The number of nitrogens with one attached hydrogen (secondary N) is 1. The minimum atomic E-state index is 0.465. The van der Waals surface area contributed by atoms with Crippen LogP contribution in [0.15, 0.2) is 58.8 Å². The van der Waals surface area contributed by atoms with Crippen LogP contribution in [0.2, 0.25) is 0 Å². The molecule has 0 amide bonds. The van der Waals surface area contributed by atoms with Crippen molar-refractivity contribution in [3.63, 3.8) is 0 Å². The summed E-state index contributed by atoms with van der Waals surface area (Å²) in [6.45, 7) is 5.40. The number of aryl methyl sites for hydroxylation is 1. The Morgan fingerprint density at radius 2 is 1.77 bits per heavy atom. The molecule has 0 bridgehead atoms.